The minimum Gasteiger partial charge on any atom is -0.454 e. The van der Waals surface area contributed by atoms with E-state index in [0.29, 0.717) is 25.6 Å². The van der Waals surface area contributed by atoms with Crippen LogP contribution in [0.1, 0.15) is 31.7 Å². The van der Waals surface area contributed by atoms with Gasteiger partial charge in [0.05, 0.1) is 0 Å². The summed E-state index contributed by atoms with van der Waals surface area (Å²) in [4.78, 5) is 14.7. The molecule has 5 nitrogen and oxygen atoms in total. The standard InChI is InChI=1S/C17H24N2O3.ClH/c1-2-19(17(20)14-5-3-4-13(14)9-18)10-12-6-7-15-16(8-12)22-11-21-15;/h6-8,13-14H,2-5,9-11,18H2,1H3;1H/t13-,14-;/m1./s1. The number of fused-ring (bicyclic) bond motifs is 1. The molecule has 2 aliphatic rings. The zero-order valence-electron chi connectivity index (χ0n) is 13.5. The summed E-state index contributed by atoms with van der Waals surface area (Å²) in [6.07, 6.45) is 3.16. The van der Waals surface area contributed by atoms with Crippen LogP contribution in [0.15, 0.2) is 18.2 Å². The molecule has 0 radical (unpaired) electrons. The molecule has 0 aromatic heterocycles. The van der Waals surface area contributed by atoms with Crippen molar-refractivity contribution in [3.63, 3.8) is 0 Å². The van der Waals surface area contributed by atoms with E-state index in [1.165, 1.54) is 0 Å². The largest absolute Gasteiger partial charge is 0.454 e. The van der Waals surface area contributed by atoms with Gasteiger partial charge in [0.25, 0.3) is 0 Å². The first-order chi connectivity index (χ1) is 10.7. The Hall–Kier alpha value is -1.46. The van der Waals surface area contributed by atoms with E-state index < -0.39 is 0 Å². The van der Waals surface area contributed by atoms with Gasteiger partial charge in [-0.15, -0.1) is 12.4 Å². The van der Waals surface area contributed by atoms with Gasteiger partial charge >= 0.3 is 0 Å². The lowest BCUT2D eigenvalue weighted by Gasteiger charge is -2.27. The smallest absolute Gasteiger partial charge is 0.231 e. The number of nitrogens with zero attached hydrogens (tertiary/aromatic N) is 1. The zero-order valence-corrected chi connectivity index (χ0v) is 14.3. The molecule has 1 aromatic rings. The second-order valence-electron chi connectivity index (χ2n) is 6.07. The van der Waals surface area contributed by atoms with Crippen molar-refractivity contribution in [1.82, 2.24) is 4.90 Å². The molecular weight excluding hydrogens is 316 g/mol. The van der Waals surface area contributed by atoms with E-state index in [0.717, 1.165) is 36.3 Å². The van der Waals surface area contributed by atoms with Gasteiger partial charge in [0, 0.05) is 19.0 Å². The van der Waals surface area contributed by atoms with Crippen molar-refractivity contribution in [1.29, 1.82) is 0 Å². The molecule has 1 aliphatic carbocycles. The molecule has 1 heterocycles. The van der Waals surface area contributed by atoms with Crippen LogP contribution in [0.25, 0.3) is 0 Å². The van der Waals surface area contributed by atoms with Crippen molar-refractivity contribution in [2.45, 2.75) is 32.7 Å². The molecular formula is C17H25ClN2O3. The highest BCUT2D eigenvalue weighted by atomic mass is 35.5. The lowest BCUT2D eigenvalue weighted by molar-refractivity contribution is -0.137. The highest BCUT2D eigenvalue weighted by Gasteiger charge is 2.34. The average molecular weight is 341 g/mol. The van der Waals surface area contributed by atoms with Crippen LogP contribution in [-0.2, 0) is 11.3 Å². The Balaban J connectivity index is 0.00000192. The van der Waals surface area contributed by atoms with Gasteiger partial charge in [-0.2, -0.15) is 0 Å². The summed E-state index contributed by atoms with van der Waals surface area (Å²) < 4.78 is 10.7. The number of hydrogen-bond acceptors (Lipinski definition) is 4. The SMILES string of the molecule is CCN(Cc1ccc2c(c1)OCO2)C(=O)[C@@H]1CCC[C@@H]1CN.Cl. The summed E-state index contributed by atoms with van der Waals surface area (Å²) in [5.74, 6) is 2.23. The topological polar surface area (TPSA) is 64.8 Å². The lowest BCUT2D eigenvalue weighted by atomic mass is 9.94. The van der Waals surface area contributed by atoms with Gasteiger partial charge in [0.15, 0.2) is 11.5 Å². The molecule has 2 atom stereocenters. The molecule has 128 valence electrons. The fourth-order valence-corrected chi connectivity index (χ4v) is 3.48. The van der Waals surface area contributed by atoms with Crippen molar-refractivity contribution in [2.24, 2.45) is 17.6 Å². The summed E-state index contributed by atoms with van der Waals surface area (Å²) >= 11 is 0. The Labute approximate surface area is 143 Å². The summed E-state index contributed by atoms with van der Waals surface area (Å²) in [6.45, 7) is 4.23. The van der Waals surface area contributed by atoms with Crippen LogP contribution >= 0.6 is 12.4 Å². The third-order valence-electron chi connectivity index (χ3n) is 4.78. The first kappa shape index (κ1) is 17.9. The van der Waals surface area contributed by atoms with Crippen LogP contribution in [0.2, 0.25) is 0 Å². The van der Waals surface area contributed by atoms with Gasteiger partial charge in [0.2, 0.25) is 12.7 Å². The number of hydrogen-bond donors (Lipinski definition) is 1. The molecule has 23 heavy (non-hydrogen) atoms. The maximum atomic E-state index is 12.8. The number of carbonyl (C=O) groups excluding carboxylic acids is 1. The highest BCUT2D eigenvalue weighted by molar-refractivity contribution is 5.85. The Kier molecular flexibility index (Phi) is 6.13. The van der Waals surface area contributed by atoms with E-state index in [2.05, 4.69) is 0 Å². The summed E-state index contributed by atoms with van der Waals surface area (Å²) in [5, 5.41) is 0. The van der Waals surface area contributed by atoms with Crippen LogP contribution in [0.4, 0.5) is 0 Å². The second kappa shape index (κ2) is 7.88. The molecule has 1 aliphatic heterocycles. The maximum Gasteiger partial charge on any atom is 0.231 e. The van der Waals surface area contributed by atoms with Gasteiger partial charge < -0.3 is 20.1 Å². The van der Waals surface area contributed by atoms with Gasteiger partial charge in [-0.05, 0) is 49.9 Å². The quantitative estimate of drug-likeness (QED) is 0.894. The molecule has 1 amide bonds. The number of rotatable bonds is 5. The highest BCUT2D eigenvalue weighted by Crippen LogP contribution is 2.34. The van der Waals surface area contributed by atoms with Crippen LogP contribution in [-0.4, -0.2) is 30.7 Å². The molecule has 6 heteroatoms. The molecule has 1 fully saturated rings. The van der Waals surface area contributed by atoms with E-state index in [-0.39, 0.29) is 31.0 Å². The average Bonchev–Trinajstić information content (AvgIpc) is 3.19. The molecule has 1 saturated carbocycles. The number of ether oxygens (including phenoxy) is 2. The third-order valence-corrected chi connectivity index (χ3v) is 4.78. The maximum absolute atomic E-state index is 12.8. The molecule has 3 rings (SSSR count). The number of benzene rings is 1. The van der Waals surface area contributed by atoms with Crippen molar-refractivity contribution in [3.8, 4) is 11.5 Å². The summed E-state index contributed by atoms with van der Waals surface area (Å²) in [6, 6.07) is 5.88. The second-order valence-corrected chi connectivity index (χ2v) is 6.07. The Morgan fingerprint density at radius 2 is 2.09 bits per heavy atom. The van der Waals surface area contributed by atoms with Crippen molar-refractivity contribution >= 4 is 18.3 Å². The number of nitrogens with two attached hydrogens (primary N) is 1. The monoisotopic (exact) mass is 340 g/mol. The Morgan fingerprint density at radius 3 is 2.83 bits per heavy atom. The van der Waals surface area contributed by atoms with Crippen LogP contribution < -0.4 is 15.2 Å². The molecule has 0 bridgehead atoms. The summed E-state index contributed by atoms with van der Waals surface area (Å²) in [7, 11) is 0. The van der Waals surface area contributed by atoms with Gasteiger partial charge in [-0.1, -0.05) is 12.5 Å². The molecule has 0 spiro atoms. The predicted octanol–water partition coefficient (Wildman–Crippen LogP) is 2.56. The molecule has 0 saturated heterocycles. The number of amides is 1. The molecule has 1 aromatic carbocycles. The lowest BCUT2D eigenvalue weighted by Crippen LogP contribution is -2.38. The normalized spacial score (nSPS) is 21.8. The fraction of sp³-hybridized carbons (Fsp3) is 0.588. The zero-order chi connectivity index (χ0) is 15.5. The number of carbonyl (C=O) groups is 1. The van der Waals surface area contributed by atoms with Gasteiger partial charge in [-0.25, -0.2) is 0 Å². The Morgan fingerprint density at radius 1 is 1.30 bits per heavy atom. The third kappa shape index (κ3) is 3.72. The Bertz CT molecular complexity index is 553. The minimum atomic E-state index is 0. The van der Waals surface area contributed by atoms with E-state index in [4.69, 9.17) is 15.2 Å². The van der Waals surface area contributed by atoms with Crippen LogP contribution in [0, 0.1) is 11.8 Å². The summed E-state index contributed by atoms with van der Waals surface area (Å²) in [5.41, 5.74) is 6.89. The van der Waals surface area contributed by atoms with Crippen LogP contribution in [0.3, 0.4) is 0 Å². The fourth-order valence-electron chi connectivity index (χ4n) is 3.48. The van der Waals surface area contributed by atoms with E-state index in [1.807, 2.05) is 30.0 Å². The van der Waals surface area contributed by atoms with E-state index in [9.17, 15) is 4.79 Å². The first-order valence-electron chi connectivity index (χ1n) is 8.10. The van der Waals surface area contributed by atoms with E-state index >= 15 is 0 Å². The van der Waals surface area contributed by atoms with Crippen molar-refractivity contribution < 1.29 is 14.3 Å². The number of halogens is 1. The first-order valence-corrected chi connectivity index (χ1v) is 8.10. The van der Waals surface area contributed by atoms with Crippen molar-refractivity contribution in [3.05, 3.63) is 23.8 Å². The van der Waals surface area contributed by atoms with Gasteiger partial charge in [0.1, 0.15) is 0 Å². The predicted molar refractivity (Wildman–Crippen MR) is 90.8 cm³/mol. The van der Waals surface area contributed by atoms with Crippen LogP contribution in [0.5, 0.6) is 11.5 Å². The molecule has 2 N–H and O–H groups in total. The molecule has 0 unspecified atom stereocenters. The minimum absolute atomic E-state index is 0. The van der Waals surface area contributed by atoms with E-state index in [1.54, 1.807) is 0 Å². The van der Waals surface area contributed by atoms with Crippen molar-refractivity contribution in [2.75, 3.05) is 19.9 Å². The van der Waals surface area contributed by atoms with Gasteiger partial charge in [-0.3, -0.25) is 4.79 Å².